The Morgan fingerprint density at radius 2 is 1.79 bits per heavy atom. The molecule has 0 fully saturated rings. The van der Waals surface area contributed by atoms with Crippen LogP contribution in [-0.2, 0) is 6.42 Å². The number of para-hydroxylation sites is 1. The summed E-state index contributed by atoms with van der Waals surface area (Å²) in [5.41, 5.74) is 3.20. The highest BCUT2D eigenvalue weighted by Crippen LogP contribution is 2.34. The first-order chi connectivity index (χ1) is 13.7. The fourth-order valence-corrected chi connectivity index (χ4v) is 3.53. The fraction of sp³-hybridized carbons (Fsp3) is 0.174. The molecule has 0 unspecified atom stereocenters. The van der Waals surface area contributed by atoms with Gasteiger partial charge < -0.3 is 15.0 Å². The summed E-state index contributed by atoms with van der Waals surface area (Å²) in [6.45, 7) is 0.516. The number of methoxy groups -OCH3 is 1. The standard InChI is InChI=1S/C23H21FN2O2/c1-28-21-12-11-17(15-19(21)24)22-25-20-10-6-5-9-18(20)23(27)26(22)14-13-16-7-3-2-4-8-16/h2-12,15,22,25H,13-14H2,1H3/t22-/m1/s1. The first kappa shape index (κ1) is 18.0. The van der Waals surface area contributed by atoms with Crippen LogP contribution in [0.1, 0.15) is 27.7 Å². The Labute approximate surface area is 163 Å². The van der Waals surface area contributed by atoms with Gasteiger partial charge in [-0.15, -0.1) is 0 Å². The van der Waals surface area contributed by atoms with E-state index in [1.54, 1.807) is 17.0 Å². The summed E-state index contributed by atoms with van der Waals surface area (Å²) < 4.78 is 19.3. The molecule has 0 aromatic heterocycles. The minimum absolute atomic E-state index is 0.0634. The van der Waals surface area contributed by atoms with Gasteiger partial charge >= 0.3 is 0 Å². The molecule has 0 saturated carbocycles. The maximum atomic E-state index is 14.3. The van der Waals surface area contributed by atoms with Crippen LogP contribution in [0.3, 0.4) is 0 Å². The number of benzene rings is 3. The summed E-state index contributed by atoms with van der Waals surface area (Å²) in [4.78, 5) is 15.0. The number of hydrogen-bond acceptors (Lipinski definition) is 3. The highest BCUT2D eigenvalue weighted by Gasteiger charge is 2.32. The number of ether oxygens (including phenoxy) is 1. The Balaban J connectivity index is 1.68. The van der Waals surface area contributed by atoms with Gasteiger partial charge in [0.1, 0.15) is 6.17 Å². The molecular weight excluding hydrogens is 355 g/mol. The van der Waals surface area contributed by atoms with E-state index in [9.17, 15) is 9.18 Å². The summed E-state index contributed by atoms with van der Waals surface area (Å²) in [7, 11) is 1.43. The van der Waals surface area contributed by atoms with Crippen LogP contribution in [-0.4, -0.2) is 24.5 Å². The molecule has 3 aromatic carbocycles. The maximum absolute atomic E-state index is 14.3. The molecule has 0 bridgehead atoms. The normalized spacial score (nSPS) is 15.7. The topological polar surface area (TPSA) is 41.6 Å². The van der Waals surface area contributed by atoms with Gasteiger partial charge in [0, 0.05) is 12.2 Å². The van der Waals surface area contributed by atoms with Gasteiger partial charge in [0.15, 0.2) is 11.6 Å². The number of nitrogens with one attached hydrogen (secondary N) is 1. The van der Waals surface area contributed by atoms with Gasteiger partial charge in [-0.25, -0.2) is 4.39 Å². The largest absolute Gasteiger partial charge is 0.494 e. The number of carbonyl (C=O) groups is 1. The van der Waals surface area contributed by atoms with E-state index >= 15 is 0 Å². The van der Waals surface area contributed by atoms with Crippen molar-refractivity contribution in [3.63, 3.8) is 0 Å². The molecular formula is C23H21FN2O2. The molecule has 0 saturated heterocycles. The predicted molar refractivity (Wildman–Crippen MR) is 107 cm³/mol. The minimum atomic E-state index is -0.452. The summed E-state index contributed by atoms with van der Waals surface area (Å²) in [6, 6.07) is 22.2. The zero-order valence-corrected chi connectivity index (χ0v) is 15.6. The first-order valence-electron chi connectivity index (χ1n) is 9.21. The Kier molecular flexibility index (Phi) is 4.98. The van der Waals surface area contributed by atoms with Gasteiger partial charge in [-0.05, 0) is 41.8 Å². The van der Waals surface area contributed by atoms with Gasteiger partial charge in [-0.1, -0.05) is 48.5 Å². The number of rotatable bonds is 5. The van der Waals surface area contributed by atoms with Crippen LogP contribution in [0.2, 0.25) is 0 Å². The zero-order valence-electron chi connectivity index (χ0n) is 15.6. The molecule has 1 amide bonds. The molecule has 0 radical (unpaired) electrons. The Bertz CT molecular complexity index is 991. The van der Waals surface area contributed by atoms with Crippen molar-refractivity contribution in [2.45, 2.75) is 12.6 Å². The van der Waals surface area contributed by atoms with E-state index in [1.807, 2.05) is 54.6 Å². The van der Waals surface area contributed by atoms with Crippen molar-refractivity contribution in [2.24, 2.45) is 0 Å². The molecule has 4 nitrogen and oxygen atoms in total. The second-order valence-corrected chi connectivity index (χ2v) is 6.72. The van der Waals surface area contributed by atoms with Crippen molar-refractivity contribution >= 4 is 11.6 Å². The van der Waals surface area contributed by atoms with Crippen LogP contribution < -0.4 is 10.1 Å². The van der Waals surface area contributed by atoms with Crippen molar-refractivity contribution in [1.29, 1.82) is 0 Å². The van der Waals surface area contributed by atoms with E-state index in [0.29, 0.717) is 24.1 Å². The second-order valence-electron chi connectivity index (χ2n) is 6.72. The van der Waals surface area contributed by atoms with E-state index in [4.69, 9.17) is 4.74 Å². The average molecular weight is 376 g/mol. The summed E-state index contributed by atoms with van der Waals surface area (Å²) >= 11 is 0. The lowest BCUT2D eigenvalue weighted by atomic mass is 10.0. The molecule has 1 aliphatic rings. The summed E-state index contributed by atoms with van der Waals surface area (Å²) in [5, 5.41) is 3.39. The van der Waals surface area contributed by atoms with Crippen LogP contribution in [0, 0.1) is 5.82 Å². The van der Waals surface area contributed by atoms with E-state index in [0.717, 1.165) is 11.3 Å². The molecule has 4 rings (SSSR count). The molecule has 1 atom stereocenters. The van der Waals surface area contributed by atoms with E-state index < -0.39 is 12.0 Å². The SMILES string of the molecule is COc1ccc([C@@H]2Nc3ccccc3C(=O)N2CCc2ccccc2)cc1F. The van der Waals surface area contributed by atoms with Gasteiger partial charge in [0.25, 0.3) is 5.91 Å². The highest BCUT2D eigenvalue weighted by molar-refractivity contribution is 6.01. The predicted octanol–water partition coefficient (Wildman–Crippen LogP) is 4.64. The number of halogens is 1. The molecule has 3 aromatic rings. The van der Waals surface area contributed by atoms with Crippen molar-refractivity contribution in [1.82, 2.24) is 4.90 Å². The fourth-order valence-electron chi connectivity index (χ4n) is 3.53. The quantitative estimate of drug-likeness (QED) is 0.705. The number of carbonyl (C=O) groups excluding carboxylic acids is 1. The van der Waals surface area contributed by atoms with Crippen LogP contribution in [0.4, 0.5) is 10.1 Å². The molecule has 1 aliphatic heterocycles. The third kappa shape index (κ3) is 3.43. The van der Waals surface area contributed by atoms with Gasteiger partial charge in [-0.2, -0.15) is 0 Å². The molecule has 1 N–H and O–H groups in total. The van der Waals surface area contributed by atoms with Crippen LogP contribution >= 0.6 is 0 Å². The van der Waals surface area contributed by atoms with E-state index in [-0.39, 0.29) is 11.7 Å². The van der Waals surface area contributed by atoms with Crippen LogP contribution in [0.15, 0.2) is 72.8 Å². The molecule has 142 valence electrons. The van der Waals surface area contributed by atoms with Crippen molar-refractivity contribution in [3.8, 4) is 5.75 Å². The minimum Gasteiger partial charge on any atom is -0.494 e. The first-order valence-corrected chi connectivity index (χ1v) is 9.21. The highest BCUT2D eigenvalue weighted by atomic mass is 19.1. The van der Waals surface area contributed by atoms with Crippen LogP contribution in [0.25, 0.3) is 0 Å². The molecule has 5 heteroatoms. The molecule has 0 spiro atoms. The lowest BCUT2D eigenvalue weighted by molar-refractivity contribution is 0.0685. The van der Waals surface area contributed by atoms with Crippen molar-refractivity contribution in [3.05, 3.63) is 95.3 Å². The monoisotopic (exact) mass is 376 g/mol. The number of anilines is 1. The maximum Gasteiger partial charge on any atom is 0.257 e. The van der Waals surface area contributed by atoms with Crippen molar-refractivity contribution < 1.29 is 13.9 Å². The summed E-state index contributed by atoms with van der Waals surface area (Å²) in [5.74, 6) is -0.329. The van der Waals surface area contributed by atoms with Crippen molar-refractivity contribution in [2.75, 3.05) is 19.0 Å². The summed E-state index contributed by atoms with van der Waals surface area (Å²) in [6.07, 6.45) is 0.262. The Morgan fingerprint density at radius 3 is 2.54 bits per heavy atom. The second kappa shape index (κ2) is 7.72. The third-order valence-corrected chi connectivity index (χ3v) is 5.00. The number of nitrogens with zero attached hydrogens (tertiary/aromatic N) is 1. The lowest BCUT2D eigenvalue weighted by Crippen LogP contribution is -2.44. The van der Waals surface area contributed by atoms with Gasteiger partial charge in [0.2, 0.25) is 0 Å². The zero-order chi connectivity index (χ0) is 19.5. The van der Waals surface area contributed by atoms with E-state index in [2.05, 4.69) is 5.32 Å². The molecule has 1 heterocycles. The lowest BCUT2D eigenvalue weighted by Gasteiger charge is -2.38. The third-order valence-electron chi connectivity index (χ3n) is 5.00. The number of hydrogen-bond donors (Lipinski definition) is 1. The number of fused-ring (bicyclic) bond motifs is 1. The molecule has 0 aliphatic carbocycles. The molecule has 28 heavy (non-hydrogen) atoms. The Morgan fingerprint density at radius 1 is 1.04 bits per heavy atom. The van der Waals surface area contributed by atoms with Gasteiger partial charge in [-0.3, -0.25) is 4.79 Å². The average Bonchev–Trinajstić information content (AvgIpc) is 2.73. The number of amides is 1. The Hall–Kier alpha value is -3.34. The van der Waals surface area contributed by atoms with E-state index in [1.165, 1.54) is 13.2 Å². The van der Waals surface area contributed by atoms with Gasteiger partial charge in [0.05, 0.1) is 12.7 Å². The smallest absolute Gasteiger partial charge is 0.257 e. The van der Waals surface area contributed by atoms with Crippen LogP contribution in [0.5, 0.6) is 5.75 Å².